The van der Waals surface area contributed by atoms with Crippen LogP contribution in [0.25, 0.3) is 0 Å². The molecule has 2 nitrogen and oxygen atoms in total. The fourth-order valence-corrected chi connectivity index (χ4v) is 1.69. The summed E-state index contributed by atoms with van der Waals surface area (Å²) in [5.41, 5.74) is -0.619. The van der Waals surface area contributed by atoms with E-state index in [-0.39, 0.29) is 5.56 Å². The predicted molar refractivity (Wildman–Crippen MR) is 59.0 cm³/mol. The van der Waals surface area contributed by atoms with Gasteiger partial charge in [0, 0.05) is 0 Å². The second-order valence-corrected chi connectivity index (χ2v) is 4.65. The Labute approximate surface area is 103 Å². The van der Waals surface area contributed by atoms with Crippen molar-refractivity contribution in [2.75, 3.05) is 6.61 Å². The molecule has 1 aliphatic carbocycles. The number of hydrogen-bond donors (Lipinski definition) is 0. The Morgan fingerprint density at radius 1 is 1.33 bits per heavy atom. The summed E-state index contributed by atoms with van der Waals surface area (Å²) in [5.74, 6) is 0.414. The zero-order valence-corrected chi connectivity index (χ0v) is 9.83. The van der Waals surface area contributed by atoms with E-state index < -0.39 is 17.7 Å². The summed E-state index contributed by atoms with van der Waals surface area (Å²) in [5, 5.41) is 0. The van der Waals surface area contributed by atoms with Gasteiger partial charge in [-0.2, -0.15) is 13.2 Å². The topological polar surface area (TPSA) is 26.3 Å². The molecule has 2 unspecified atom stereocenters. The van der Waals surface area contributed by atoms with Crippen molar-refractivity contribution in [3.8, 4) is 0 Å². The average Bonchev–Trinajstić information content (AvgIpc) is 3.01. The minimum Gasteiger partial charge on any atom is -0.462 e. The molecule has 1 saturated carbocycles. The fraction of sp³-hybridized carbons (Fsp3) is 0.462. The van der Waals surface area contributed by atoms with E-state index in [4.69, 9.17) is 4.74 Å². The maximum atomic E-state index is 12.3. The molecule has 98 valence electrons. The zero-order chi connectivity index (χ0) is 13.3. The molecule has 0 N–H and O–H groups in total. The van der Waals surface area contributed by atoms with Crippen molar-refractivity contribution >= 4 is 5.97 Å². The molecule has 0 saturated heterocycles. The van der Waals surface area contributed by atoms with Gasteiger partial charge in [-0.05, 0) is 42.5 Å². The molecule has 0 aromatic heterocycles. The van der Waals surface area contributed by atoms with Gasteiger partial charge in [-0.15, -0.1) is 0 Å². The molecule has 0 bridgehead atoms. The van der Waals surface area contributed by atoms with Gasteiger partial charge < -0.3 is 4.74 Å². The van der Waals surface area contributed by atoms with Crippen molar-refractivity contribution in [2.24, 2.45) is 11.8 Å². The molecule has 0 spiro atoms. The second kappa shape index (κ2) is 4.63. The van der Waals surface area contributed by atoms with Crippen molar-refractivity contribution < 1.29 is 22.7 Å². The summed E-state index contributed by atoms with van der Waals surface area (Å²) < 4.78 is 42.0. The maximum absolute atomic E-state index is 12.3. The lowest BCUT2D eigenvalue weighted by molar-refractivity contribution is -0.137. The van der Waals surface area contributed by atoms with Crippen molar-refractivity contribution in [1.29, 1.82) is 0 Å². The highest BCUT2D eigenvalue weighted by atomic mass is 19.4. The van der Waals surface area contributed by atoms with E-state index in [2.05, 4.69) is 6.92 Å². The molecule has 0 aliphatic heterocycles. The minimum atomic E-state index is -4.38. The third-order valence-electron chi connectivity index (χ3n) is 3.15. The van der Waals surface area contributed by atoms with Gasteiger partial charge in [0.05, 0.1) is 17.7 Å². The third kappa shape index (κ3) is 3.03. The lowest BCUT2D eigenvalue weighted by Gasteiger charge is -2.07. The lowest BCUT2D eigenvalue weighted by atomic mass is 10.1. The van der Waals surface area contributed by atoms with Gasteiger partial charge in [-0.1, -0.05) is 6.92 Å². The van der Waals surface area contributed by atoms with Crippen molar-refractivity contribution in [3.63, 3.8) is 0 Å². The van der Waals surface area contributed by atoms with Crippen LogP contribution >= 0.6 is 0 Å². The second-order valence-electron chi connectivity index (χ2n) is 4.65. The number of hydrogen-bond acceptors (Lipinski definition) is 2. The third-order valence-corrected chi connectivity index (χ3v) is 3.15. The highest BCUT2D eigenvalue weighted by Gasteiger charge is 2.34. The van der Waals surface area contributed by atoms with E-state index in [1.807, 2.05) is 0 Å². The Hall–Kier alpha value is -1.52. The highest BCUT2D eigenvalue weighted by molar-refractivity contribution is 5.89. The van der Waals surface area contributed by atoms with Crippen LogP contribution in [0.1, 0.15) is 29.3 Å². The molecule has 2 rings (SSSR count). The van der Waals surface area contributed by atoms with E-state index in [0.717, 1.165) is 30.7 Å². The van der Waals surface area contributed by atoms with Crippen molar-refractivity contribution in [3.05, 3.63) is 35.4 Å². The molecule has 1 aliphatic rings. The molecule has 0 heterocycles. The number of carbonyl (C=O) groups is 1. The SMILES string of the molecule is CC1CC1COC(=O)c1ccc(C(F)(F)F)cc1. The van der Waals surface area contributed by atoms with E-state index in [1.165, 1.54) is 0 Å². The molecule has 1 aromatic carbocycles. The maximum Gasteiger partial charge on any atom is 0.416 e. The van der Waals surface area contributed by atoms with Crippen LogP contribution < -0.4 is 0 Å². The van der Waals surface area contributed by atoms with Gasteiger partial charge in [0.2, 0.25) is 0 Å². The molecule has 2 atom stereocenters. The average molecular weight is 258 g/mol. The van der Waals surface area contributed by atoms with Crippen LogP contribution in [-0.2, 0) is 10.9 Å². The smallest absolute Gasteiger partial charge is 0.416 e. The Kier molecular flexibility index (Phi) is 3.32. The largest absolute Gasteiger partial charge is 0.462 e. The molecule has 5 heteroatoms. The first-order chi connectivity index (χ1) is 8.38. The van der Waals surface area contributed by atoms with Crippen LogP contribution in [-0.4, -0.2) is 12.6 Å². The lowest BCUT2D eigenvalue weighted by Crippen LogP contribution is -2.09. The quantitative estimate of drug-likeness (QED) is 0.775. The van der Waals surface area contributed by atoms with Crippen LogP contribution in [0, 0.1) is 11.8 Å². The first-order valence-corrected chi connectivity index (χ1v) is 5.72. The number of rotatable bonds is 3. The van der Waals surface area contributed by atoms with Gasteiger partial charge in [0.15, 0.2) is 0 Å². The van der Waals surface area contributed by atoms with Crippen LogP contribution in [0.2, 0.25) is 0 Å². The first kappa shape index (κ1) is 12.9. The Morgan fingerprint density at radius 3 is 2.33 bits per heavy atom. The van der Waals surface area contributed by atoms with Gasteiger partial charge in [-0.3, -0.25) is 0 Å². The Bertz CT molecular complexity index is 437. The number of carbonyl (C=O) groups excluding carboxylic acids is 1. The predicted octanol–water partition coefficient (Wildman–Crippen LogP) is 3.52. The summed E-state index contributed by atoms with van der Waals surface area (Å²) in [4.78, 5) is 11.5. The fourth-order valence-electron chi connectivity index (χ4n) is 1.69. The van der Waals surface area contributed by atoms with Crippen LogP contribution in [0.15, 0.2) is 24.3 Å². The van der Waals surface area contributed by atoms with E-state index >= 15 is 0 Å². The van der Waals surface area contributed by atoms with Crippen LogP contribution in [0.5, 0.6) is 0 Å². The monoisotopic (exact) mass is 258 g/mol. The summed E-state index contributed by atoms with van der Waals surface area (Å²) in [6, 6.07) is 4.05. The molecule has 1 fully saturated rings. The molecule has 18 heavy (non-hydrogen) atoms. The van der Waals surface area contributed by atoms with E-state index in [1.54, 1.807) is 0 Å². The zero-order valence-electron chi connectivity index (χ0n) is 9.83. The van der Waals surface area contributed by atoms with Gasteiger partial charge in [-0.25, -0.2) is 4.79 Å². The first-order valence-electron chi connectivity index (χ1n) is 5.72. The standard InChI is InChI=1S/C13H13F3O2/c1-8-6-10(8)7-18-12(17)9-2-4-11(5-3-9)13(14,15)16/h2-5,8,10H,6-7H2,1H3. The summed E-state index contributed by atoms with van der Waals surface area (Å²) in [7, 11) is 0. The highest BCUT2D eigenvalue weighted by Crippen LogP contribution is 2.37. The number of alkyl halides is 3. The van der Waals surface area contributed by atoms with E-state index in [0.29, 0.717) is 18.4 Å². The number of halogens is 3. The Balaban J connectivity index is 1.94. The van der Waals surface area contributed by atoms with Crippen LogP contribution in [0.4, 0.5) is 13.2 Å². The minimum absolute atomic E-state index is 0.149. The molecule has 0 radical (unpaired) electrons. The summed E-state index contributed by atoms with van der Waals surface area (Å²) in [6.07, 6.45) is -3.34. The number of ether oxygens (including phenoxy) is 1. The van der Waals surface area contributed by atoms with Gasteiger partial charge >= 0.3 is 12.1 Å². The molecule has 0 amide bonds. The number of esters is 1. The van der Waals surface area contributed by atoms with Crippen molar-refractivity contribution in [2.45, 2.75) is 19.5 Å². The molecular weight excluding hydrogens is 245 g/mol. The molecule has 1 aromatic rings. The Morgan fingerprint density at radius 2 is 1.89 bits per heavy atom. The summed E-state index contributed by atoms with van der Waals surface area (Å²) >= 11 is 0. The summed E-state index contributed by atoms with van der Waals surface area (Å²) in [6.45, 7) is 2.41. The normalized spacial score (nSPS) is 22.7. The van der Waals surface area contributed by atoms with E-state index in [9.17, 15) is 18.0 Å². The number of benzene rings is 1. The van der Waals surface area contributed by atoms with Gasteiger partial charge in [0.1, 0.15) is 0 Å². The van der Waals surface area contributed by atoms with Crippen molar-refractivity contribution in [1.82, 2.24) is 0 Å². The van der Waals surface area contributed by atoms with Gasteiger partial charge in [0.25, 0.3) is 0 Å². The molecular formula is C13H13F3O2. The van der Waals surface area contributed by atoms with Crippen LogP contribution in [0.3, 0.4) is 0 Å².